The number of hydrogen-bond donors (Lipinski definition) is 0. The van der Waals surface area contributed by atoms with Crippen LogP contribution < -0.4 is 10.2 Å². The highest BCUT2D eigenvalue weighted by molar-refractivity contribution is 6.04. The Morgan fingerprint density at radius 2 is 1.87 bits per heavy atom. The van der Waals surface area contributed by atoms with Gasteiger partial charge < -0.3 is 9.64 Å². The number of anilines is 1. The first-order chi connectivity index (χ1) is 10.8. The molecule has 0 aromatic heterocycles. The number of fused-ring (bicyclic) bond motifs is 1. The molecule has 2 heterocycles. The Morgan fingerprint density at radius 3 is 2.52 bits per heavy atom. The number of carbonyl (C=O) groups is 2. The van der Waals surface area contributed by atoms with Gasteiger partial charge in [0.05, 0.1) is 11.4 Å². The summed E-state index contributed by atoms with van der Waals surface area (Å²) in [5, 5.41) is 4.09. The molecule has 123 valence electrons. The zero-order valence-electron chi connectivity index (χ0n) is 13.8. The Morgan fingerprint density at radius 1 is 1.22 bits per heavy atom. The third-order valence-electron chi connectivity index (χ3n) is 4.04. The van der Waals surface area contributed by atoms with Crippen molar-refractivity contribution in [3.63, 3.8) is 0 Å². The normalized spacial score (nSPS) is 18.7. The van der Waals surface area contributed by atoms with Crippen molar-refractivity contribution in [1.29, 1.82) is 0 Å². The molecule has 23 heavy (non-hydrogen) atoms. The number of piperidine rings is 1. The van der Waals surface area contributed by atoms with Gasteiger partial charge in [-0.25, -0.2) is 9.59 Å². The van der Waals surface area contributed by atoms with Crippen LogP contribution in [0.3, 0.4) is 0 Å². The van der Waals surface area contributed by atoms with E-state index in [1.54, 1.807) is 9.80 Å². The summed E-state index contributed by atoms with van der Waals surface area (Å²) in [6.07, 6.45) is 1.18. The number of rotatable bonds is 1. The second kappa shape index (κ2) is 5.76. The second-order valence-corrected chi connectivity index (χ2v) is 6.95. The molecule has 3 amide bonds. The van der Waals surface area contributed by atoms with E-state index in [2.05, 4.69) is 5.32 Å². The van der Waals surface area contributed by atoms with Gasteiger partial charge in [0, 0.05) is 19.1 Å². The summed E-state index contributed by atoms with van der Waals surface area (Å²) in [7, 11) is 0. The molecule has 0 unspecified atom stereocenters. The molecule has 0 N–H and O–H groups in total. The second-order valence-electron chi connectivity index (χ2n) is 6.95. The zero-order chi connectivity index (χ0) is 16.6. The van der Waals surface area contributed by atoms with Crippen molar-refractivity contribution >= 4 is 23.5 Å². The van der Waals surface area contributed by atoms with Gasteiger partial charge in [-0.3, -0.25) is 4.90 Å². The van der Waals surface area contributed by atoms with Crippen LogP contribution in [0.1, 0.15) is 33.6 Å². The molecule has 2 aliphatic heterocycles. The van der Waals surface area contributed by atoms with E-state index in [0.29, 0.717) is 13.1 Å². The molecule has 0 aliphatic carbocycles. The van der Waals surface area contributed by atoms with Gasteiger partial charge in [0.1, 0.15) is 5.60 Å². The summed E-state index contributed by atoms with van der Waals surface area (Å²) in [6, 6.07) is 7.43. The maximum absolute atomic E-state index is 12.2. The number of likely N-dealkylation sites (tertiary alicyclic amines) is 1. The van der Waals surface area contributed by atoms with Gasteiger partial charge in [0.25, 0.3) is 0 Å². The van der Waals surface area contributed by atoms with E-state index >= 15 is 0 Å². The minimum Gasteiger partial charge on any atom is -0.444 e. The minimum absolute atomic E-state index is 0.0774. The number of benzene rings is 1. The fourth-order valence-corrected chi connectivity index (χ4v) is 3.01. The summed E-state index contributed by atoms with van der Waals surface area (Å²) < 4.78 is 5.40. The first-order valence-electron chi connectivity index (χ1n) is 7.97. The molecule has 1 saturated heterocycles. The Balaban J connectivity index is 1.64. The highest BCUT2D eigenvalue weighted by Crippen LogP contribution is 2.36. The van der Waals surface area contributed by atoms with Crippen LogP contribution >= 0.6 is 0 Å². The fourth-order valence-electron chi connectivity index (χ4n) is 3.01. The van der Waals surface area contributed by atoms with E-state index in [4.69, 9.17) is 4.74 Å². The summed E-state index contributed by atoms with van der Waals surface area (Å²) in [4.78, 5) is 27.8. The van der Waals surface area contributed by atoms with Crippen LogP contribution in [0.4, 0.5) is 21.0 Å². The third kappa shape index (κ3) is 3.25. The van der Waals surface area contributed by atoms with Crippen LogP contribution in [-0.4, -0.2) is 41.8 Å². The molecule has 1 aromatic carbocycles. The Hall–Kier alpha value is -2.24. The standard InChI is InChI=1S/C17H22N3O3/c1-17(2,3)23-16(22)19-10-8-12(9-11-19)20-14-7-5-4-6-13(14)18-15(20)21/h4-7,12H,8-11H2,1-3H3. The largest absolute Gasteiger partial charge is 0.444 e. The molecule has 0 atom stereocenters. The van der Waals surface area contributed by atoms with Gasteiger partial charge in [0.15, 0.2) is 0 Å². The quantitative estimate of drug-likeness (QED) is 0.799. The van der Waals surface area contributed by atoms with Crippen molar-refractivity contribution in [3.05, 3.63) is 24.3 Å². The lowest BCUT2D eigenvalue weighted by atomic mass is 10.0. The number of nitrogens with zero attached hydrogens (tertiary/aromatic N) is 3. The van der Waals surface area contributed by atoms with Gasteiger partial charge in [-0.05, 0) is 45.7 Å². The van der Waals surface area contributed by atoms with E-state index in [0.717, 1.165) is 24.2 Å². The van der Waals surface area contributed by atoms with Gasteiger partial charge in [-0.2, -0.15) is 5.32 Å². The summed E-state index contributed by atoms with van der Waals surface area (Å²) in [5.74, 6) is 0. The zero-order valence-corrected chi connectivity index (χ0v) is 13.8. The summed E-state index contributed by atoms with van der Waals surface area (Å²) in [6.45, 7) is 6.76. The topological polar surface area (TPSA) is 64.0 Å². The lowest BCUT2D eigenvalue weighted by Gasteiger charge is -2.36. The first-order valence-corrected chi connectivity index (χ1v) is 7.97. The minimum atomic E-state index is -0.489. The molecule has 6 heteroatoms. The molecular weight excluding hydrogens is 294 g/mol. The smallest absolute Gasteiger partial charge is 0.410 e. The number of amides is 3. The summed E-state index contributed by atoms with van der Waals surface area (Å²) >= 11 is 0. The highest BCUT2D eigenvalue weighted by Gasteiger charge is 2.37. The van der Waals surface area contributed by atoms with E-state index in [-0.39, 0.29) is 18.2 Å². The highest BCUT2D eigenvalue weighted by atomic mass is 16.6. The number of para-hydroxylation sites is 2. The molecular formula is C17H22N3O3. The molecule has 1 aromatic rings. The van der Waals surface area contributed by atoms with E-state index in [9.17, 15) is 9.59 Å². The predicted molar refractivity (Wildman–Crippen MR) is 86.9 cm³/mol. The third-order valence-corrected chi connectivity index (χ3v) is 4.04. The van der Waals surface area contributed by atoms with Gasteiger partial charge in [0.2, 0.25) is 0 Å². The van der Waals surface area contributed by atoms with Crippen molar-refractivity contribution in [1.82, 2.24) is 10.2 Å². The number of urea groups is 1. The van der Waals surface area contributed by atoms with E-state index in [1.165, 1.54) is 0 Å². The maximum Gasteiger partial charge on any atom is 0.410 e. The van der Waals surface area contributed by atoms with Crippen LogP contribution in [0.15, 0.2) is 24.3 Å². The molecule has 0 spiro atoms. The monoisotopic (exact) mass is 316 g/mol. The van der Waals surface area contributed by atoms with Crippen LogP contribution in [0, 0.1) is 0 Å². The average Bonchev–Trinajstić information content (AvgIpc) is 2.81. The number of hydrogen-bond acceptors (Lipinski definition) is 3. The van der Waals surface area contributed by atoms with Gasteiger partial charge >= 0.3 is 12.1 Å². The van der Waals surface area contributed by atoms with Gasteiger partial charge in [-0.1, -0.05) is 12.1 Å². The van der Waals surface area contributed by atoms with Crippen LogP contribution in [-0.2, 0) is 4.74 Å². The average molecular weight is 316 g/mol. The molecule has 3 rings (SSSR count). The fraction of sp³-hybridized carbons (Fsp3) is 0.529. The van der Waals surface area contributed by atoms with E-state index in [1.807, 2.05) is 45.0 Å². The molecule has 0 saturated carbocycles. The lowest BCUT2D eigenvalue weighted by Crippen LogP contribution is -2.49. The van der Waals surface area contributed by atoms with Crippen LogP contribution in [0.25, 0.3) is 0 Å². The number of ether oxygens (including phenoxy) is 1. The molecule has 1 fully saturated rings. The predicted octanol–water partition coefficient (Wildman–Crippen LogP) is 3.26. The van der Waals surface area contributed by atoms with Crippen molar-refractivity contribution < 1.29 is 14.3 Å². The van der Waals surface area contributed by atoms with Crippen molar-refractivity contribution in [2.75, 3.05) is 18.0 Å². The van der Waals surface area contributed by atoms with Crippen molar-refractivity contribution in [2.24, 2.45) is 0 Å². The SMILES string of the molecule is CC(C)(C)OC(=O)N1CCC(N2C(=O)[N]c3ccccc32)CC1. The lowest BCUT2D eigenvalue weighted by molar-refractivity contribution is 0.0206. The van der Waals surface area contributed by atoms with Crippen LogP contribution in [0.2, 0.25) is 0 Å². The summed E-state index contributed by atoms with van der Waals surface area (Å²) in [5.41, 5.74) is 1.11. The first kappa shape index (κ1) is 15.6. The molecule has 6 nitrogen and oxygen atoms in total. The Labute approximate surface area is 136 Å². The Kier molecular flexibility index (Phi) is 3.92. The molecule has 1 radical (unpaired) electrons. The van der Waals surface area contributed by atoms with E-state index < -0.39 is 5.60 Å². The molecule has 0 bridgehead atoms. The van der Waals surface area contributed by atoms with Gasteiger partial charge in [-0.15, -0.1) is 0 Å². The molecule has 2 aliphatic rings. The Bertz CT molecular complexity index is 616. The van der Waals surface area contributed by atoms with Crippen molar-refractivity contribution in [2.45, 2.75) is 45.3 Å². The van der Waals surface area contributed by atoms with Crippen LogP contribution in [0.5, 0.6) is 0 Å². The maximum atomic E-state index is 12.2. The van der Waals surface area contributed by atoms with Crippen molar-refractivity contribution in [3.8, 4) is 0 Å². The number of carbonyl (C=O) groups excluding carboxylic acids is 2.